The minimum atomic E-state index is -1.16. The second-order valence-electron chi connectivity index (χ2n) is 4.99. The first-order chi connectivity index (χ1) is 12.7. The number of phenolic OH excluding ortho intramolecular Hbond substituents is 1. The van der Waals surface area contributed by atoms with Gasteiger partial charge in [0.05, 0.1) is 12.8 Å². The van der Waals surface area contributed by atoms with Gasteiger partial charge in [0.15, 0.2) is 0 Å². The molecule has 0 spiro atoms. The smallest absolute Gasteiger partial charge is 1.00 e. The van der Waals surface area contributed by atoms with Gasteiger partial charge in [-0.25, -0.2) is 9.59 Å². The molecule has 0 atom stereocenters. The number of carbonyl (C=O) groups is 4. The van der Waals surface area contributed by atoms with E-state index in [0.29, 0.717) is 0 Å². The van der Waals surface area contributed by atoms with Crippen molar-refractivity contribution >= 4 is 23.9 Å². The summed E-state index contributed by atoms with van der Waals surface area (Å²) in [5.41, 5.74) is -0.210. The molecule has 0 aliphatic heterocycles. The van der Waals surface area contributed by atoms with Crippen LogP contribution in [-0.2, 0) is 14.3 Å². The van der Waals surface area contributed by atoms with E-state index in [0.717, 1.165) is 0 Å². The summed E-state index contributed by atoms with van der Waals surface area (Å²) in [7, 11) is 0. The molecule has 0 radical (unpaired) electrons. The number of carboxylic acids is 2. The summed E-state index contributed by atoms with van der Waals surface area (Å²) in [4.78, 5) is 42.9. The Kier molecular flexibility index (Phi) is 15.2. The number of aromatic hydroxyl groups is 2. The molecule has 0 saturated carbocycles. The number of aromatic carboxylic acids is 1. The normalized spacial score (nSPS) is 8.83. The first-order valence-corrected chi connectivity index (χ1v) is 7.48. The fourth-order valence-electron chi connectivity index (χ4n) is 1.72. The van der Waals surface area contributed by atoms with Crippen LogP contribution in [0.4, 0.5) is 0 Å². The van der Waals surface area contributed by atoms with E-state index in [4.69, 9.17) is 15.3 Å². The maximum atomic E-state index is 11.4. The van der Waals surface area contributed by atoms with Crippen LogP contribution < -0.4 is 59.1 Å². The van der Waals surface area contributed by atoms with Crippen LogP contribution in [0.3, 0.4) is 0 Å². The van der Waals surface area contributed by atoms with E-state index in [9.17, 15) is 24.3 Å². The Bertz CT molecular complexity index is 863. The second-order valence-corrected chi connectivity index (χ2v) is 4.99. The monoisotopic (exact) mass is 424 g/mol. The SMILES string of the molecule is O=C(O)CCC(=O)OC(=O)c1ccccc1O.O=C(O)c1ccccc1O.[H-].[H-].[Na+].[Na+]. The fraction of sp³-hybridized carbons (Fsp3) is 0.111. The average molecular weight is 424 g/mol. The number of rotatable bonds is 5. The van der Waals surface area contributed by atoms with Gasteiger partial charge in [-0.3, -0.25) is 9.59 Å². The van der Waals surface area contributed by atoms with Gasteiger partial charge in [-0.2, -0.15) is 0 Å². The Morgan fingerprint density at radius 1 is 0.759 bits per heavy atom. The van der Waals surface area contributed by atoms with Crippen molar-refractivity contribution in [1.82, 2.24) is 0 Å². The molecule has 29 heavy (non-hydrogen) atoms. The number of phenols is 2. The summed E-state index contributed by atoms with van der Waals surface area (Å²) < 4.78 is 4.37. The number of benzene rings is 2. The third-order valence-electron chi connectivity index (χ3n) is 3.01. The Hall–Kier alpha value is -1.88. The van der Waals surface area contributed by atoms with Crippen LogP contribution in [0.2, 0.25) is 0 Å². The van der Waals surface area contributed by atoms with Crippen molar-refractivity contribution in [3.63, 3.8) is 0 Å². The van der Waals surface area contributed by atoms with E-state index in [1.54, 1.807) is 12.1 Å². The number of hydrogen-bond acceptors (Lipinski definition) is 7. The van der Waals surface area contributed by atoms with E-state index >= 15 is 0 Å². The van der Waals surface area contributed by atoms with Gasteiger partial charge in [0.2, 0.25) is 0 Å². The second kappa shape index (κ2) is 15.0. The summed E-state index contributed by atoms with van der Waals surface area (Å²) in [6.45, 7) is 0. The van der Waals surface area contributed by atoms with Gasteiger partial charge < -0.3 is 28.0 Å². The molecule has 9 nitrogen and oxygen atoms in total. The number of esters is 2. The zero-order valence-electron chi connectivity index (χ0n) is 17.9. The summed E-state index contributed by atoms with van der Waals surface area (Å²) in [6, 6.07) is 11.4. The quantitative estimate of drug-likeness (QED) is 0.215. The summed E-state index contributed by atoms with van der Waals surface area (Å²) >= 11 is 0. The third kappa shape index (κ3) is 11.0. The van der Waals surface area contributed by atoms with Gasteiger partial charge in [-0.05, 0) is 24.3 Å². The van der Waals surface area contributed by atoms with Crippen LogP contribution in [0.25, 0.3) is 0 Å². The zero-order valence-corrected chi connectivity index (χ0v) is 19.9. The predicted molar refractivity (Wildman–Crippen MR) is 92.7 cm³/mol. The Morgan fingerprint density at radius 2 is 1.21 bits per heavy atom. The van der Waals surface area contributed by atoms with Crippen LogP contribution in [0, 0.1) is 0 Å². The van der Waals surface area contributed by atoms with Gasteiger partial charge in [0, 0.05) is 0 Å². The van der Waals surface area contributed by atoms with Gasteiger partial charge in [-0.15, -0.1) is 0 Å². The van der Waals surface area contributed by atoms with Crippen molar-refractivity contribution in [1.29, 1.82) is 0 Å². The number of carboxylic acid groups (broad SMARTS) is 2. The summed E-state index contributed by atoms with van der Waals surface area (Å²) in [5.74, 6) is -4.72. The van der Waals surface area contributed by atoms with Crippen LogP contribution in [0.15, 0.2) is 48.5 Å². The van der Waals surface area contributed by atoms with E-state index < -0.39 is 36.7 Å². The molecule has 0 bridgehead atoms. The van der Waals surface area contributed by atoms with Crippen molar-refractivity contribution in [2.45, 2.75) is 12.8 Å². The van der Waals surface area contributed by atoms with Crippen molar-refractivity contribution in [3.8, 4) is 11.5 Å². The summed E-state index contributed by atoms with van der Waals surface area (Å²) in [6.07, 6.45) is -0.804. The van der Waals surface area contributed by atoms with Crippen LogP contribution in [0.1, 0.15) is 36.4 Å². The van der Waals surface area contributed by atoms with Crippen molar-refractivity contribution in [2.75, 3.05) is 0 Å². The zero-order chi connectivity index (χ0) is 20.4. The third-order valence-corrected chi connectivity index (χ3v) is 3.01. The molecule has 0 aliphatic carbocycles. The molecule has 2 aromatic carbocycles. The average Bonchev–Trinajstić information content (AvgIpc) is 2.61. The molecule has 146 valence electrons. The van der Waals surface area contributed by atoms with Crippen molar-refractivity contribution in [2.24, 2.45) is 0 Å². The maximum Gasteiger partial charge on any atom is 1.00 e. The molecule has 0 heterocycles. The first-order valence-electron chi connectivity index (χ1n) is 7.48. The number of para-hydroxylation sites is 2. The minimum absolute atomic E-state index is 0. The number of hydrogen-bond donors (Lipinski definition) is 4. The van der Waals surface area contributed by atoms with Gasteiger partial charge >= 0.3 is 83.0 Å². The standard InChI is InChI=1S/C11H10O6.C7H6O3.2Na.2H/c12-8-4-2-1-3-7(8)11(16)17-10(15)6-5-9(13)14;8-6-4-2-1-3-5(6)7(9)10;;;;/h1-4,12H,5-6H2,(H,13,14);1-4,8H,(H,9,10);;;;/q;;2*+1;2*-1. The van der Waals surface area contributed by atoms with E-state index in [1.165, 1.54) is 36.4 Å². The van der Waals surface area contributed by atoms with Gasteiger partial charge in [0.1, 0.15) is 22.6 Å². The topological polar surface area (TPSA) is 158 Å². The molecule has 0 amide bonds. The van der Waals surface area contributed by atoms with E-state index in [2.05, 4.69) is 4.74 Å². The Morgan fingerprint density at radius 3 is 1.59 bits per heavy atom. The molecule has 0 fully saturated rings. The van der Waals surface area contributed by atoms with Crippen LogP contribution >= 0.6 is 0 Å². The van der Waals surface area contributed by atoms with Crippen LogP contribution in [-0.4, -0.2) is 44.3 Å². The molecule has 0 aromatic heterocycles. The molecule has 0 aliphatic rings. The van der Waals surface area contributed by atoms with Crippen LogP contribution in [0.5, 0.6) is 11.5 Å². The molecular formula is C18H18Na2O9. The van der Waals surface area contributed by atoms with Gasteiger partial charge in [-0.1, -0.05) is 24.3 Å². The van der Waals surface area contributed by atoms with E-state index in [-0.39, 0.29) is 84.6 Å². The molecule has 2 aromatic rings. The number of carbonyl (C=O) groups excluding carboxylic acids is 2. The first kappa shape index (κ1) is 29.3. The number of ether oxygens (including phenoxy) is 1. The van der Waals surface area contributed by atoms with E-state index in [1.807, 2.05) is 0 Å². The van der Waals surface area contributed by atoms with Crippen molar-refractivity contribution in [3.05, 3.63) is 59.7 Å². The maximum absolute atomic E-state index is 11.4. The molecule has 0 saturated heterocycles. The molecule has 2 rings (SSSR count). The minimum Gasteiger partial charge on any atom is -1.00 e. The van der Waals surface area contributed by atoms with Gasteiger partial charge in [0.25, 0.3) is 0 Å². The Labute approximate surface area is 212 Å². The Balaban J connectivity index is -0.000000228. The summed E-state index contributed by atoms with van der Waals surface area (Å²) in [5, 5.41) is 34.9. The predicted octanol–water partition coefficient (Wildman–Crippen LogP) is -3.74. The number of aliphatic carboxylic acids is 1. The molecule has 11 heteroatoms. The van der Waals surface area contributed by atoms with Crippen molar-refractivity contribution < 1.29 is 106 Å². The molecule has 4 N–H and O–H groups in total. The molecular weight excluding hydrogens is 406 g/mol. The largest absolute Gasteiger partial charge is 1.00 e. The fourth-order valence-corrected chi connectivity index (χ4v) is 1.72. The molecule has 0 unspecified atom stereocenters.